The lowest BCUT2D eigenvalue weighted by Crippen LogP contribution is -2.29. The second-order valence-electron chi connectivity index (χ2n) is 8.71. The molecule has 0 heterocycles. The van der Waals surface area contributed by atoms with Crippen molar-refractivity contribution >= 4 is 34.5 Å². The van der Waals surface area contributed by atoms with Crippen LogP contribution in [0.2, 0.25) is 5.02 Å². The number of hydrogen-bond acceptors (Lipinski definition) is 4. The molecule has 0 unspecified atom stereocenters. The highest BCUT2D eigenvalue weighted by Crippen LogP contribution is 2.25. The van der Waals surface area contributed by atoms with Crippen molar-refractivity contribution in [2.24, 2.45) is 5.10 Å². The van der Waals surface area contributed by atoms with Gasteiger partial charge in [0.1, 0.15) is 5.75 Å². The number of carbonyl (C=O) groups is 1. The molecule has 0 saturated heterocycles. The third-order valence-corrected chi connectivity index (χ3v) is 6.26. The Morgan fingerprint density at radius 1 is 0.971 bits per heavy atom. The van der Waals surface area contributed by atoms with Crippen LogP contribution in [0.25, 0.3) is 10.8 Å². The SMILES string of the molecule is CC(C)N(Cc1ccccc1)Cc1ccc(/C=N/NC(=O)c2ccc(O)c(Cl)c2)c2ccccc12. The Kier molecular flexibility index (Phi) is 7.80. The lowest BCUT2D eigenvalue weighted by atomic mass is 9.99. The molecular formula is C29H28ClN3O2. The molecule has 5 nitrogen and oxygen atoms in total. The van der Waals surface area contributed by atoms with Gasteiger partial charge in [-0.05, 0) is 53.9 Å². The van der Waals surface area contributed by atoms with Gasteiger partial charge in [0.05, 0.1) is 11.2 Å². The van der Waals surface area contributed by atoms with E-state index >= 15 is 0 Å². The van der Waals surface area contributed by atoms with Crippen LogP contribution < -0.4 is 5.43 Å². The fraction of sp³-hybridized carbons (Fsp3) is 0.172. The lowest BCUT2D eigenvalue weighted by Gasteiger charge is -2.27. The molecule has 4 aromatic carbocycles. The number of amides is 1. The number of rotatable bonds is 8. The van der Waals surface area contributed by atoms with Crippen molar-refractivity contribution in [3.63, 3.8) is 0 Å². The van der Waals surface area contributed by atoms with Crippen LogP contribution in [0.1, 0.15) is 40.9 Å². The van der Waals surface area contributed by atoms with Gasteiger partial charge < -0.3 is 5.11 Å². The fourth-order valence-corrected chi connectivity index (χ4v) is 4.15. The third kappa shape index (κ3) is 6.07. The van der Waals surface area contributed by atoms with Crippen LogP contribution in [0.15, 0.2) is 90.0 Å². The molecule has 1 amide bonds. The largest absolute Gasteiger partial charge is 0.506 e. The van der Waals surface area contributed by atoms with E-state index in [1.54, 1.807) is 6.21 Å². The molecule has 0 fully saturated rings. The normalized spacial score (nSPS) is 11.6. The van der Waals surface area contributed by atoms with Crippen molar-refractivity contribution in [3.05, 3.63) is 112 Å². The van der Waals surface area contributed by atoms with Gasteiger partial charge in [0.25, 0.3) is 5.91 Å². The molecule has 4 aromatic rings. The standard InChI is InChI=1S/C29H28ClN3O2/c1-20(2)33(18-21-8-4-3-5-9-21)19-24-13-12-23(25-10-6-7-11-26(24)25)17-31-32-29(35)22-14-15-28(34)27(30)16-22/h3-17,20,34H,18-19H2,1-2H3,(H,32,35)/b31-17+. The summed E-state index contributed by atoms with van der Waals surface area (Å²) in [6, 6.07) is 27.6. The second kappa shape index (κ2) is 11.2. The number of carbonyl (C=O) groups excluding carboxylic acids is 1. The summed E-state index contributed by atoms with van der Waals surface area (Å²) < 4.78 is 0. The van der Waals surface area contributed by atoms with Crippen molar-refractivity contribution in [2.45, 2.75) is 33.0 Å². The minimum absolute atomic E-state index is 0.0712. The molecule has 0 bridgehead atoms. The molecule has 2 N–H and O–H groups in total. The predicted octanol–water partition coefficient (Wildman–Crippen LogP) is 6.37. The Bertz CT molecular complexity index is 1350. The summed E-state index contributed by atoms with van der Waals surface area (Å²) in [4.78, 5) is 14.8. The first kappa shape index (κ1) is 24.5. The van der Waals surface area contributed by atoms with Gasteiger partial charge in [-0.25, -0.2) is 5.43 Å². The van der Waals surface area contributed by atoms with Gasteiger partial charge in [0.15, 0.2) is 0 Å². The molecule has 0 aliphatic rings. The van der Waals surface area contributed by atoms with E-state index in [9.17, 15) is 9.90 Å². The van der Waals surface area contributed by atoms with E-state index in [1.165, 1.54) is 29.3 Å². The van der Waals surface area contributed by atoms with Crippen LogP contribution in [-0.4, -0.2) is 28.2 Å². The topological polar surface area (TPSA) is 64.9 Å². The van der Waals surface area contributed by atoms with Gasteiger partial charge in [-0.2, -0.15) is 5.10 Å². The van der Waals surface area contributed by atoms with Crippen LogP contribution in [-0.2, 0) is 13.1 Å². The summed E-state index contributed by atoms with van der Waals surface area (Å²) in [6.07, 6.45) is 1.65. The fourth-order valence-electron chi connectivity index (χ4n) is 3.97. The van der Waals surface area contributed by atoms with Crippen LogP contribution in [0.3, 0.4) is 0 Å². The average molecular weight is 486 g/mol. The molecule has 6 heteroatoms. The molecule has 4 rings (SSSR count). The number of phenolic OH excluding ortho intramolecular Hbond substituents is 1. The first-order valence-corrected chi connectivity index (χ1v) is 11.9. The highest BCUT2D eigenvalue weighted by Gasteiger charge is 2.14. The predicted molar refractivity (Wildman–Crippen MR) is 143 cm³/mol. The third-order valence-electron chi connectivity index (χ3n) is 5.96. The quantitative estimate of drug-likeness (QED) is 0.225. The van der Waals surface area contributed by atoms with Crippen LogP contribution >= 0.6 is 11.6 Å². The number of aromatic hydroxyl groups is 1. The molecule has 0 aromatic heterocycles. The van der Waals surface area contributed by atoms with E-state index in [0.29, 0.717) is 11.6 Å². The van der Waals surface area contributed by atoms with Crippen molar-refractivity contribution in [3.8, 4) is 5.75 Å². The number of nitrogens with zero attached hydrogens (tertiary/aromatic N) is 2. The van der Waals surface area contributed by atoms with E-state index < -0.39 is 5.91 Å². The van der Waals surface area contributed by atoms with Crippen molar-refractivity contribution < 1.29 is 9.90 Å². The van der Waals surface area contributed by atoms with Crippen molar-refractivity contribution in [2.75, 3.05) is 0 Å². The van der Waals surface area contributed by atoms with Crippen molar-refractivity contribution in [1.82, 2.24) is 10.3 Å². The minimum Gasteiger partial charge on any atom is -0.506 e. The molecule has 0 aliphatic carbocycles. The smallest absolute Gasteiger partial charge is 0.271 e. The Labute approximate surface area is 210 Å². The van der Waals surface area contributed by atoms with Gasteiger partial charge in [-0.3, -0.25) is 9.69 Å². The maximum atomic E-state index is 12.4. The second-order valence-corrected chi connectivity index (χ2v) is 9.12. The first-order valence-electron chi connectivity index (χ1n) is 11.5. The van der Waals surface area contributed by atoms with Gasteiger partial charge in [-0.1, -0.05) is 78.3 Å². The summed E-state index contributed by atoms with van der Waals surface area (Å²) in [6.45, 7) is 6.14. The number of hydrogen-bond donors (Lipinski definition) is 2. The zero-order chi connectivity index (χ0) is 24.8. The number of nitrogens with one attached hydrogen (secondary N) is 1. The maximum absolute atomic E-state index is 12.4. The van der Waals surface area contributed by atoms with E-state index in [0.717, 1.165) is 29.4 Å². The molecule has 35 heavy (non-hydrogen) atoms. The minimum atomic E-state index is -0.405. The number of halogens is 1. The Morgan fingerprint density at radius 3 is 2.40 bits per heavy atom. The highest BCUT2D eigenvalue weighted by atomic mass is 35.5. The van der Waals surface area contributed by atoms with E-state index in [4.69, 9.17) is 11.6 Å². The Hall–Kier alpha value is -3.67. The summed E-state index contributed by atoms with van der Waals surface area (Å²) in [7, 11) is 0. The van der Waals surface area contributed by atoms with Gasteiger partial charge in [0, 0.05) is 30.3 Å². The average Bonchev–Trinajstić information content (AvgIpc) is 2.86. The zero-order valence-electron chi connectivity index (χ0n) is 19.8. The van der Waals surface area contributed by atoms with E-state index in [2.05, 4.69) is 71.7 Å². The summed E-state index contributed by atoms with van der Waals surface area (Å²) in [5, 5.41) is 16.0. The highest BCUT2D eigenvalue weighted by molar-refractivity contribution is 6.32. The molecular weight excluding hydrogens is 458 g/mol. The summed E-state index contributed by atoms with van der Waals surface area (Å²) in [5.74, 6) is -0.476. The monoisotopic (exact) mass is 485 g/mol. The number of fused-ring (bicyclic) bond motifs is 1. The van der Waals surface area contributed by atoms with Gasteiger partial charge >= 0.3 is 0 Å². The molecule has 0 radical (unpaired) electrons. The molecule has 0 atom stereocenters. The maximum Gasteiger partial charge on any atom is 0.271 e. The van der Waals surface area contributed by atoms with Gasteiger partial charge in [0.2, 0.25) is 0 Å². The van der Waals surface area contributed by atoms with Crippen LogP contribution in [0.4, 0.5) is 0 Å². The number of phenols is 1. The number of hydrazone groups is 1. The Morgan fingerprint density at radius 2 is 1.69 bits per heavy atom. The van der Waals surface area contributed by atoms with E-state index in [1.807, 2.05) is 24.3 Å². The van der Waals surface area contributed by atoms with Crippen LogP contribution in [0, 0.1) is 0 Å². The number of benzene rings is 4. The van der Waals surface area contributed by atoms with Crippen molar-refractivity contribution in [1.29, 1.82) is 0 Å². The molecule has 0 saturated carbocycles. The summed E-state index contributed by atoms with van der Waals surface area (Å²) in [5.41, 5.74) is 6.29. The Balaban J connectivity index is 1.54. The van der Waals surface area contributed by atoms with Gasteiger partial charge in [-0.15, -0.1) is 0 Å². The zero-order valence-corrected chi connectivity index (χ0v) is 20.5. The molecule has 0 aliphatic heterocycles. The van der Waals surface area contributed by atoms with E-state index in [-0.39, 0.29) is 10.8 Å². The molecule has 178 valence electrons. The van der Waals surface area contributed by atoms with Crippen LogP contribution in [0.5, 0.6) is 5.75 Å². The first-order chi connectivity index (χ1) is 16.9. The molecule has 0 spiro atoms. The summed E-state index contributed by atoms with van der Waals surface area (Å²) >= 11 is 5.90. The lowest BCUT2D eigenvalue weighted by molar-refractivity contribution is 0.0955.